The summed E-state index contributed by atoms with van der Waals surface area (Å²) in [4.78, 5) is 25.7. The molecule has 0 unspecified atom stereocenters. The number of halogens is 1. The lowest BCUT2D eigenvalue weighted by Crippen LogP contribution is -2.38. The fourth-order valence-corrected chi connectivity index (χ4v) is 3.09. The maximum atomic E-state index is 13.9. The normalized spacial score (nSPS) is 17.5. The Morgan fingerprint density at radius 3 is 2.58 bits per heavy atom. The molecule has 0 aromatic heterocycles. The number of piperidine rings is 1. The van der Waals surface area contributed by atoms with Gasteiger partial charge in [0.15, 0.2) is 0 Å². The van der Waals surface area contributed by atoms with E-state index in [1.807, 2.05) is 4.90 Å². The third-order valence-electron chi connectivity index (χ3n) is 4.61. The minimum absolute atomic E-state index is 0.0785. The lowest BCUT2D eigenvalue weighted by molar-refractivity contribution is -0.131. The number of carbonyl (C=O) groups excluding carboxylic acids is 2. The Kier molecular flexibility index (Phi) is 5.33. The molecule has 1 aromatic carbocycles. The Hall–Kier alpha value is -2.11. The zero-order valence-corrected chi connectivity index (χ0v) is 13.8. The van der Waals surface area contributed by atoms with Crippen LogP contribution in [0.3, 0.4) is 0 Å². The van der Waals surface area contributed by atoms with Crippen molar-refractivity contribution in [1.29, 1.82) is 0 Å². The van der Waals surface area contributed by atoms with Gasteiger partial charge in [-0.3, -0.25) is 4.79 Å². The number of urea groups is 1. The van der Waals surface area contributed by atoms with E-state index in [-0.39, 0.29) is 18.3 Å². The zero-order valence-electron chi connectivity index (χ0n) is 13.8. The molecule has 1 aliphatic carbocycles. The summed E-state index contributed by atoms with van der Waals surface area (Å²) in [5, 5.41) is 5.26. The van der Waals surface area contributed by atoms with Crippen LogP contribution in [0.25, 0.3) is 0 Å². The number of anilines is 1. The van der Waals surface area contributed by atoms with E-state index < -0.39 is 6.03 Å². The summed E-state index contributed by atoms with van der Waals surface area (Å²) in [5.74, 6) is 0.152. The maximum absolute atomic E-state index is 13.9. The molecular weight excluding hydrogens is 309 g/mol. The first-order valence-corrected chi connectivity index (χ1v) is 8.75. The molecule has 1 aliphatic heterocycles. The number of hydrogen-bond acceptors (Lipinski definition) is 2. The summed E-state index contributed by atoms with van der Waals surface area (Å²) in [7, 11) is 0. The summed E-state index contributed by atoms with van der Waals surface area (Å²) in [6.07, 6.45) is 5.66. The van der Waals surface area contributed by atoms with Gasteiger partial charge < -0.3 is 15.5 Å². The van der Waals surface area contributed by atoms with Crippen LogP contribution >= 0.6 is 0 Å². The van der Waals surface area contributed by atoms with E-state index in [4.69, 9.17) is 0 Å². The third-order valence-corrected chi connectivity index (χ3v) is 4.61. The van der Waals surface area contributed by atoms with Gasteiger partial charge in [0, 0.05) is 31.7 Å². The summed E-state index contributed by atoms with van der Waals surface area (Å²) >= 11 is 0. The number of benzene rings is 1. The van der Waals surface area contributed by atoms with Crippen LogP contribution in [0, 0.1) is 5.82 Å². The highest BCUT2D eigenvalue weighted by Crippen LogP contribution is 2.41. The highest BCUT2D eigenvalue weighted by atomic mass is 19.1. The predicted molar refractivity (Wildman–Crippen MR) is 90.4 cm³/mol. The quantitative estimate of drug-likeness (QED) is 0.869. The molecule has 0 bridgehead atoms. The minimum Gasteiger partial charge on any atom is -0.343 e. The van der Waals surface area contributed by atoms with Gasteiger partial charge >= 0.3 is 6.03 Å². The number of hydrogen-bond donors (Lipinski definition) is 2. The molecule has 130 valence electrons. The van der Waals surface area contributed by atoms with Crippen LogP contribution in [0.4, 0.5) is 14.9 Å². The molecule has 2 N–H and O–H groups in total. The van der Waals surface area contributed by atoms with Crippen molar-refractivity contribution in [3.8, 4) is 0 Å². The van der Waals surface area contributed by atoms with Gasteiger partial charge in [0.05, 0.1) is 0 Å². The van der Waals surface area contributed by atoms with Crippen LogP contribution in [0.5, 0.6) is 0 Å². The first kappa shape index (κ1) is 16.7. The monoisotopic (exact) mass is 333 g/mol. The molecule has 0 spiro atoms. The van der Waals surface area contributed by atoms with Crippen molar-refractivity contribution in [2.75, 3.05) is 25.0 Å². The Bertz CT molecular complexity index is 610. The van der Waals surface area contributed by atoms with Crippen molar-refractivity contribution in [3.63, 3.8) is 0 Å². The molecule has 5 nitrogen and oxygen atoms in total. The molecule has 0 atom stereocenters. The van der Waals surface area contributed by atoms with Crippen molar-refractivity contribution in [2.45, 2.75) is 44.4 Å². The Balaban J connectivity index is 1.40. The second kappa shape index (κ2) is 7.64. The summed E-state index contributed by atoms with van der Waals surface area (Å²) in [6, 6.07) is 4.39. The molecule has 24 heavy (non-hydrogen) atoms. The molecule has 3 amide bonds. The highest BCUT2D eigenvalue weighted by Gasteiger charge is 2.26. The molecule has 2 aliphatic rings. The van der Waals surface area contributed by atoms with Crippen molar-refractivity contribution in [2.24, 2.45) is 0 Å². The van der Waals surface area contributed by atoms with E-state index in [2.05, 4.69) is 10.6 Å². The average Bonchev–Trinajstić information content (AvgIpc) is 3.40. The maximum Gasteiger partial charge on any atom is 0.319 e. The Labute approximate surface area is 141 Å². The van der Waals surface area contributed by atoms with E-state index in [9.17, 15) is 14.0 Å². The number of nitrogens with zero attached hydrogens (tertiary/aromatic N) is 1. The molecule has 1 saturated carbocycles. The fraction of sp³-hybridized carbons (Fsp3) is 0.556. The number of rotatable bonds is 5. The van der Waals surface area contributed by atoms with Crippen LogP contribution < -0.4 is 10.6 Å². The van der Waals surface area contributed by atoms with Gasteiger partial charge in [-0.25, -0.2) is 9.18 Å². The number of carbonyl (C=O) groups is 2. The summed E-state index contributed by atoms with van der Waals surface area (Å²) in [6.45, 7) is 1.92. The van der Waals surface area contributed by atoms with E-state index >= 15 is 0 Å². The van der Waals surface area contributed by atoms with Gasteiger partial charge in [0.25, 0.3) is 0 Å². The van der Waals surface area contributed by atoms with E-state index in [0.29, 0.717) is 18.0 Å². The first-order chi connectivity index (χ1) is 11.6. The Morgan fingerprint density at radius 2 is 1.92 bits per heavy atom. The van der Waals surface area contributed by atoms with Crippen molar-refractivity contribution < 1.29 is 14.0 Å². The molecule has 6 heteroatoms. The smallest absolute Gasteiger partial charge is 0.319 e. The van der Waals surface area contributed by atoms with Crippen molar-refractivity contribution >= 4 is 17.6 Å². The van der Waals surface area contributed by atoms with Crippen molar-refractivity contribution in [3.05, 3.63) is 29.6 Å². The standard InChI is InChI=1S/C18H24FN3O2/c19-16-12-14(6-7-15(16)13-4-5-13)21-18(24)20-9-8-17(23)22-10-2-1-3-11-22/h6-7,12-13H,1-5,8-11H2,(H2,20,21,24). The SMILES string of the molecule is O=C(NCCC(=O)N1CCCCC1)Nc1ccc(C2CC2)c(F)c1. The number of amides is 3. The number of nitrogens with one attached hydrogen (secondary N) is 2. The van der Waals surface area contributed by atoms with Gasteiger partial charge in [0.1, 0.15) is 5.82 Å². The molecule has 0 radical (unpaired) electrons. The topological polar surface area (TPSA) is 61.4 Å². The summed E-state index contributed by atoms with van der Waals surface area (Å²) < 4.78 is 13.9. The average molecular weight is 333 g/mol. The molecule has 2 fully saturated rings. The van der Waals surface area contributed by atoms with Gasteiger partial charge in [-0.1, -0.05) is 6.07 Å². The van der Waals surface area contributed by atoms with Crippen LogP contribution in [-0.2, 0) is 4.79 Å². The van der Waals surface area contributed by atoms with Crippen LogP contribution in [-0.4, -0.2) is 36.5 Å². The van der Waals surface area contributed by atoms with Crippen LogP contribution in [0.15, 0.2) is 18.2 Å². The molecule has 3 rings (SSSR count). The lowest BCUT2D eigenvalue weighted by Gasteiger charge is -2.26. The third kappa shape index (κ3) is 4.46. The second-order valence-corrected chi connectivity index (χ2v) is 6.58. The fourth-order valence-electron chi connectivity index (χ4n) is 3.09. The largest absolute Gasteiger partial charge is 0.343 e. The summed E-state index contributed by atoms with van der Waals surface area (Å²) in [5.41, 5.74) is 1.16. The number of likely N-dealkylation sites (tertiary alicyclic amines) is 1. The minimum atomic E-state index is -0.417. The highest BCUT2D eigenvalue weighted by molar-refractivity contribution is 5.89. The van der Waals surface area contributed by atoms with Gasteiger partial charge in [-0.05, 0) is 55.7 Å². The zero-order chi connectivity index (χ0) is 16.9. The van der Waals surface area contributed by atoms with E-state index in [0.717, 1.165) is 44.3 Å². The molecule has 1 saturated heterocycles. The van der Waals surface area contributed by atoms with Gasteiger partial charge in [0.2, 0.25) is 5.91 Å². The molecular formula is C18H24FN3O2. The van der Waals surface area contributed by atoms with Gasteiger partial charge in [-0.15, -0.1) is 0 Å². The van der Waals surface area contributed by atoms with Crippen molar-refractivity contribution in [1.82, 2.24) is 10.2 Å². The molecule has 1 aromatic rings. The Morgan fingerprint density at radius 1 is 1.17 bits per heavy atom. The molecule has 1 heterocycles. The van der Waals surface area contributed by atoms with Gasteiger partial charge in [-0.2, -0.15) is 0 Å². The predicted octanol–water partition coefficient (Wildman–Crippen LogP) is 3.23. The first-order valence-electron chi connectivity index (χ1n) is 8.75. The van der Waals surface area contributed by atoms with E-state index in [1.54, 1.807) is 12.1 Å². The van der Waals surface area contributed by atoms with Crippen LogP contribution in [0.2, 0.25) is 0 Å². The second-order valence-electron chi connectivity index (χ2n) is 6.58. The van der Waals surface area contributed by atoms with E-state index in [1.165, 1.54) is 12.5 Å². The lowest BCUT2D eigenvalue weighted by atomic mass is 10.1. The van der Waals surface area contributed by atoms with Crippen LogP contribution in [0.1, 0.15) is 50.0 Å².